The molecule has 588 valence electrons. The standard InChI is InChI=1S/C12H6Br4O4S.C12H8Br2O4S.C12H8Cl2O4S.C12H12N2O4S.2C12H10O4S/c13-7-1-5(17)2-8(14)11(7)21(19,20)12-9(15)3-6(18)4-10(12)16;3*13-9-5-7(15)1-3-11(9)19(17,18)12-4-2-8(16)6-10(12)14;13-9-1-5-11(6-2-9)17(15,16)12-7-3-10(14)4-8-12;13-9-5-7-10(8-6-9)17(15,16)12-4-2-1-3-11(12)14/h1-4,17-18H;2*1-6,15-16H;1-6,15-16H,13-14H2;2*1-8,13-14H. The van der Waals surface area contributed by atoms with Gasteiger partial charge in [-0.25, -0.2) is 50.5 Å². The summed E-state index contributed by atoms with van der Waals surface area (Å²) in [7, 11) is -22.8. The number of phenolic OH excluding ortho intramolecular Hbond substituents is 12. The van der Waals surface area contributed by atoms with E-state index in [1.54, 1.807) is 6.07 Å². The highest BCUT2D eigenvalue weighted by Crippen LogP contribution is 2.44. The minimum atomic E-state index is -3.92. The molecule has 0 aliphatic carbocycles. The van der Waals surface area contributed by atoms with Gasteiger partial charge in [-0.1, -0.05) is 35.3 Å². The second-order valence-corrected chi connectivity index (χ2v) is 39.6. The number of para-hydroxylation sites is 1. The van der Waals surface area contributed by atoms with Crippen LogP contribution in [0.3, 0.4) is 0 Å². The maximum atomic E-state index is 12.9. The SMILES string of the molecule is Nc1cc(O)ccc1S(=O)(=O)c1ccc(O)cc1N.O=S(=O)(c1c(Br)cc(O)cc1Br)c1c(Br)cc(O)cc1Br.O=S(=O)(c1ccc(O)cc1)c1ccc(O)cc1.O=S(=O)(c1ccc(O)cc1)c1ccccc1O.O=S(=O)(c1ccc(O)cc1Br)c1ccc(O)cc1Br.O=S(=O)(c1ccc(O)cc1Cl)c1ccc(O)cc1Cl. The number of aromatic hydroxyl groups is 12. The molecule has 12 rings (SSSR count). The fourth-order valence-electron chi connectivity index (χ4n) is 9.28. The molecular formula is C72H54Br6Cl2N2O24S6. The molecule has 12 aromatic rings. The van der Waals surface area contributed by atoms with Crippen molar-refractivity contribution in [2.75, 3.05) is 11.5 Å². The number of nitrogen functional groups attached to an aromatic ring is 2. The van der Waals surface area contributed by atoms with E-state index in [1.165, 1.54) is 200 Å². The zero-order valence-electron chi connectivity index (χ0n) is 55.8. The largest absolute Gasteiger partial charge is 0.508 e. The first-order valence-corrected chi connectivity index (χ1v) is 44.7. The first-order valence-electron chi connectivity index (χ1n) is 30.3. The van der Waals surface area contributed by atoms with E-state index in [-0.39, 0.29) is 176 Å². The summed E-state index contributed by atoms with van der Waals surface area (Å²) >= 11 is 30.4. The van der Waals surface area contributed by atoms with Gasteiger partial charge in [-0.15, -0.1) is 0 Å². The van der Waals surface area contributed by atoms with Gasteiger partial charge in [0.2, 0.25) is 59.0 Å². The van der Waals surface area contributed by atoms with Gasteiger partial charge in [0.25, 0.3) is 0 Å². The molecule has 0 aromatic heterocycles. The van der Waals surface area contributed by atoms with Gasteiger partial charge in [0.1, 0.15) is 83.7 Å². The Morgan fingerprint density at radius 1 is 0.223 bits per heavy atom. The van der Waals surface area contributed by atoms with Gasteiger partial charge in [0.05, 0.1) is 65.5 Å². The maximum absolute atomic E-state index is 12.9. The average Bonchev–Trinajstić information content (AvgIpc) is 0.773. The van der Waals surface area contributed by atoms with Crippen LogP contribution in [0.2, 0.25) is 10.0 Å². The Morgan fingerprint density at radius 3 is 0.759 bits per heavy atom. The lowest BCUT2D eigenvalue weighted by Crippen LogP contribution is -2.08. The second kappa shape index (κ2) is 37.3. The van der Waals surface area contributed by atoms with Crippen LogP contribution in [-0.4, -0.2) is 112 Å². The molecule has 0 atom stereocenters. The highest BCUT2D eigenvalue weighted by Gasteiger charge is 2.31. The normalized spacial score (nSPS) is 11.4. The lowest BCUT2D eigenvalue weighted by molar-refractivity contribution is 0.458. The summed E-state index contributed by atoms with van der Waals surface area (Å²) in [5.74, 6) is -1.03. The van der Waals surface area contributed by atoms with Crippen LogP contribution in [0.4, 0.5) is 11.4 Å². The Morgan fingerprint density at radius 2 is 0.464 bits per heavy atom. The van der Waals surface area contributed by atoms with Crippen LogP contribution in [0, 0.1) is 0 Å². The number of rotatable bonds is 12. The first-order chi connectivity index (χ1) is 52.1. The van der Waals surface area contributed by atoms with E-state index in [2.05, 4.69) is 95.6 Å². The molecule has 0 unspecified atom stereocenters. The summed E-state index contributed by atoms with van der Waals surface area (Å²) < 4.78 is 150. The number of phenols is 12. The molecule has 0 amide bonds. The van der Waals surface area contributed by atoms with Crippen LogP contribution in [0.15, 0.2) is 316 Å². The topological polar surface area (TPSA) is 500 Å². The van der Waals surface area contributed by atoms with Crippen molar-refractivity contribution in [3.05, 3.63) is 267 Å². The summed E-state index contributed by atoms with van der Waals surface area (Å²) in [5, 5.41) is 111. The van der Waals surface area contributed by atoms with Crippen molar-refractivity contribution >= 4 is 189 Å². The van der Waals surface area contributed by atoms with E-state index in [0.29, 0.717) is 0 Å². The van der Waals surface area contributed by atoms with Crippen molar-refractivity contribution in [1.82, 2.24) is 0 Å². The van der Waals surface area contributed by atoms with Crippen molar-refractivity contribution in [3.8, 4) is 69.0 Å². The number of halogens is 8. The number of nitrogens with two attached hydrogens (primary N) is 2. The van der Waals surface area contributed by atoms with Crippen LogP contribution in [0.25, 0.3) is 0 Å². The van der Waals surface area contributed by atoms with Gasteiger partial charge in [-0.3, -0.25) is 0 Å². The summed E-state index contributed by atoms with van der Waals surface area (Å²) in [6, 6.07) is 48.6. The Kier molecular flexibility index (Phi) is 30.0. The van der Waals surface area contributed by atoms with E-state index in [1.807, 2.05) is 0 Å². The number of sulfone groups is 6. The molecule has 112 heavy (non-hydrogen) atoms. The van der Waals surface area contributed by atoms with E-state index in [9.17, 15) is 96.5 Å². The Labute approximate surface area is 700 Å². The van der Waals surface area contributed by atoms with Crippen molar-refractivity contribution in [2.24, 2.45) is 0 Å². The molecule has 0 bridgehead atoms. The molecule has 40 heteroatoms. The van der Waals surface area contributed by atoms with Crippen molar-refractivity contribution in [3.63, 3.8) is 0 Å². The number of benzene rings is 12. The second-order valence-electron chi connectivity index (χ2n) is 22.4. The van der Waals surface area contributed by atoms with Gasteiger partial charge in [0.15, 0.2) is 0 Å². The van der Waals surface area contributed by atoms with Crippen molar-refractivity contribution in [1.29, 1.82) is 0 Å². The third-order valence-electron chi connectivity index (χ3n) is 14.5. The van der Waals surface area contributed by atoms with E-state index in [0.717, 1.165) is 24.3 Å². The molecular weight excluding hydrogens is 2020 g/mol. The lowest BCUT2D eigenvalue weighted by atomic mass is 10.3. The Hall–Kier alpha value is -9.00. The molecule has 0 fully saturated rings. The third kappa shape index (κ3) is 22.1. The molecule has 16 N–H and O–H groups in total. The average molecular weight is 2070 g/mol. The smallest absolute Gasteiger partial charge is 0.211 e. The highest BCUT2D eigenvalue weighted by atomic mass is 79.9. The number of hydrogen-bond acceptors (Lipinski definition) is 26. The number of anilines is 2. The summed E-state index contributed by atoms with van der Waals surface area (Å²) in [6.45, 7) is 0. The molecule has 0 radical (unpaired) electrons. The molecule has 0 heterocycles. The highest BCUT2D eigenvalue weighted by molar-refractivity contribution is 9.11. The van der Waals surface area contributed by atoms with Gasteiger partial charge in [-0.2, -0.15) is 0 Å². The van der Waals surface area contributed by atoms with Crippen LogP contribution in [-0.2, 0) is 59.0 Å². The van der Waals surface area contributed by atoms with Gasteiger partial charge in [-0.05, 0) is 302 Å². The van der Waals surface area contributed by atoms with Crippen LogP contribution >= 0.6 is 119 Å². The monoisotopic (exact) mass is 2070 g/mol. The predicted molar refractivity (Wildman–Crippen MR) is 435 cm³/mol. The van der Waals surface area contributed by atoms with Crippen molar-refractivity contribution in [2.45, 2.75) is 58.7 Å². The van der Waals surface area contributed by atoms with Gasteiger partial charge < -0.3 is 72.7 Å². The maximum Gasteiger partial charge on any atom is 0.211 e. The minimum absolute atomic E-state index is 0.00894. The number of hydrogen-bond donors (Lipinski definition) is 14. The van der Waals surface area contributed by atoms with E-state index in [4.69, 9.17) is 50.0 Å². The minimum Gasteiger partial charge on any atom is -0.508 e. The van der Waals surface area contributed by atoms with Crippen molar-refractivity contribution < 1.29 is 112 Å². The molecule has 12 aromatic carbocycles. The molecule has 0 aliphatic rings. The summed E-state index contributed by atoms with van der Waals surface area (Å²) in [4.78, 5) is -0.526. The zero-order chi connectivity index (χ0) is 83.5. The predicted octanol–water partition coefficient (Wildman–Crippen LogP) is 16.6. The first kappa shape index (κ1) is 90.2. The molecule has 0 spiro atoms. The molecule has 0 saturated carbocycles. The van der Waals surface area contributed by atoms with E-state index < -0.39 is 59.0 Å². The zero-order valence-corrected chi connectivity index (χ0v) is 71.8. The fraction of sp³-hybridized carbons (Fsp3) is 0. The van der Waals surface area contributed by atoms with Crippen LogP contribution in [0.1, 0.15) is 0 Å². The van der Waals surface area contributed by atoms with Gasteiger partial charge >= 0.3 is 0 Å². The molecule has 26 nitrogen and oxygen atoms in total. The molecule has 0 saturated heterocycles. The fourth-order valence-corrected chi connectivity index (χ4v) is 25.4. The third-order valence-corrected chi connectivity index (χ3v) is 31.9. The van der Waals surface area contributed by atoms with Crippen LogP contribution < -0.4 is 11.5 Å². The summed E-state index contributed by atoms with van der Waals surface area (Å²) in [6.07, 6.45) is 0. The quantitative estimate of drug-likeness (QED) is 0.0505. The Bertz CT molecular complexity index is 5650. The van der Waals surface area contributed by atoms with Crippen LogP contribution in [0.5, 0.6) is 69.0 Å². The Balaban J connectivity index is 0.000000187. The molecule has 0 aliphatic heterocycles. The lowest BCUT2D eigenvalue weighted by Gasteiger charge is -2.13. The summed E-state index contributed by atoms with van der Waals surface area (Å²) in [5.41, 5.74) is 11.0. The van der Waals surface area contributed by atoms with E-state index >= 15 is 0 Å². The van der Waals surface area contributed by atoms with Gasteiger partial charge in [0, 0.05) is 39.0 Å².